The molecule has 1 unspecified atom stereocenters. The molecule has 3 N–H and O–H groups in total. The molecule has 34 heavy (non-hydrogen) atoms. The number of aliphatic carboxylic acids is 1. The summed E-state index contributed by atoms with van der Waals surface area (Å²) in [5.74, 6) is -2.37. The molecule has 0 bridgehead atoms. The molecule has 0 aliphatic rings. The minimum absolute atomic E-state index is 0.160. The predicted molar refractivity (Wildman–Crippen MR) is 129 cm³/mol. The number of carbonyl (C=O) groups excluding carboxylic acids is 3. The average molecular weight is 470 g/mol. The van der Waals surface area contributed by atoms with Crippen molar-refractivity contribution in [3.05, 3.63) is 60.2 Å². The zero-order valence-corrected chi connectivity index (χ0v) is 19.8. The molecule has 3 amide bonds. The number of hydrogen-bond donors (Lipinski definition) is 3. The fraction of sp³-hybridized carbons (Fsp3) is 0.360. The quantitative estimate of drug-likeness (QED) is 0.481. The number of nitrogens with one attached hydrogen (secondary N) is 2. The van der Waals surface area contributed by atoms with Crippen LogP contribution in [0, 0.1) is 6.92 Å². The molecule has 2 aromatic carbocycles. The number of esters is 1. The summed E-state index contributed by atoms with van der Waals surface area (Å²) in [6.45, 7) is 6.62. The lowest BCUT2D eigenvalue weighted by Gasteiger charge is -2.28. The van der Waals surface area contributed by atoms with Gasteiger partial charge in [-0.3, -0.25) is 19.3 Å². The van der Waals surface area contributed by atoms with Gasteiger partial charge in [0.1, 0.15) is 18.2 Å². The fourth-order valence-electron chi connectivity index (χ4n) is 3.17. The molecule has 0 heterocycles. The molecule has 0 spiro atoms. The van der Waals surface area contributed by atoms with Gasteiger partial charge in [0, 0.05) is 17.8 Å². The summed E-state index contributed by atoms with van der Waals surface area (Å²) in [5, 5.41) is 14.3. The number of hydrogen-bond acceptors (Lipinski definition) is 5. The van der Waals surface area contributed by atoms with Crippen LogP contribution in [-0.2, 0) is 19.1 Å². The standard InChI is InChI=1S/C25H31N3O6/c1-17-9-8-10-18(15-17)26-24(33)27-20(13-14-21(29)30)23(32)28(19-11-6-5-7-12-19)16-22(31)34-25(2,3)4/h5-12,15,20H,13-14,16H2,1-4H3,(H,29,30)(H2,26,27,33). The van der Waals surface area contributed by atoms with Crippen LogP contribution in [0.3, 0.4) is 0 Å². The smallest absolute Gasteiger partial charge is 0.326 e. The molecule has 0 saturated heterocycles. The van der Waals surface area contributed by atoms with Crippen molar-refractivity contribution in [3.8, 4) is 0 Å². The summed E-state index contributed by atoms with van der Waals surface area (Å²) >= 11 is 0. The number of rotatable bonds is 9. The molecular formula is C25H31N3O6. The molecule has 0 fully saturated rings. The van der Waals surface area contributed by atoms with Gasteiger partial charge in [0.15, 0.2) is 0 Å². The zero-order valence-electron chi connectivity index (χ0n) is 19.8. The van der Waals surface area contributed by atoms with Crippen LogP contribution < -0.4 is 15.5 Å². The van der Waals surface area contributed by atoms with Gasteiger partial charge in [-0.05, 0) is 63.9 Å². The maximum absolute atomic E-state index is 13.5. The molecule has 0 radical (unpaired) electrons. The Bertz CT molecular complexity index is 1020. The molecule has 2 rings (SSSR count). The largest absolute Gasteiger partial charge is 0.481 e. The van der Waals surface area contributed by atoms with Crippen molar-refractivity contribution in [1.29, 1.82) is 0 Å². The second-order valence-electron chi connectivity index (χ2n) is 8.80. The van der Waals surface area contributed by atoms with Crippen LogP contribution in [0.2, 0.25) is 0 Å². The lowest BCUT2D eigenvalue weighted by atomic mass is 10.1. The fourth-order valence-corrected chi connectivity index (χ4v) is 3.17. The van der Waals surface area contributed by atoms with Crippen molar-refractivity contribution < 1.29 is 29.0 Å². The Morgan fingerprint density at radius 1 is 1.03 bits per heavy atom. The van der Waals surface area contributed by atoms with Gasteiger partial charge < -0.3 is 20.5 Å². The number of ether oxygens (including phenoxy) is 1. The third kappa shape index (κ3) is 8.93. The van der Waals surface area contributed by atoms with Crippen LogP contribution >= 0.6 is 0 Å². The van der Waals surface area contributed by atoms with Crippen molar-refractivity contribution in [3.63, 3.8) is 0 Å². The predicted octanol–water partition coefficient (Wildman–Crippen LogP) is 3.72. The van der Waals surface area contributed by atoms with E-state index in [0.29, 0.717) is 11.4 Å². The van der Waals surface area contributed by atoms with Crippen LogP contribution in [0.15, 0.2) is 54.6 Å². The zero-order chi connectivity index (χ0) is 25.3. The lowest BCUT2D eigenvalue weighted by molar-refractivity contribution is -0.153. The van der Waals surface area contributed by atoms with Gasteiger partial charge in [-0.15, -0.1) is 0 Å². The normalized spacial score (nSPS) is 11.8. The molecule has 182 valence electrons. The van der Waals surface area contributed by atoms with E-state index in [4.69, 9.17) is 9.84 Å². The van der Waals surface area contributed by atoms with E-state index in [0.717, 1.165) is 5.56 Å². The van der Waals surface area contributed by atoms with E-state index >= 15 is 0 Å². The van der Waals surface area contributed by atoms with Gasteiger partial charge in [0.05, 0.1) is 0 Å². The number of anilines is 2. The maximum Gasteiger partial charge on any atom is 0.326 e. The number of urea groups is 1. The van der Waals surface area contributed by atoms with Gasteiger partial charge >= 0.3 is 18.0 Å². The van der Waals surface area contributed by atoms with Crippen molar-refractivity contribution >= 4 is 35.3 Å². The third-order valence-electron chi connectivity index (χ3n) is 4.57. The molecule has 1 atom stereocenters. The van der Waals surface area contributed by atoms with Crippen molar-refractivity contribution in [2.45, 2.75) is 52.2 Å². The summed E-state index contributed by atoms with van der Waals surface area (Å²) < 4.78 is 5.36. The average Bonchev–Trinajstić information content (AvgIpc) is 2.73. The van der Waals surface area contributed by atoms with Gasteiger partial charge in [0.2, 0.25) is 5.91 Å². The van der Waals surface area contributed by atoms with E-state index in [1.54, 1.807) is 69.3 Å². The number of para-hydroxylation sites is 1. The molecule has 0 aromatic heterocycles. The van der Waals surface area contributed by atoms with E-state index in [-0.39, 0.29) is 12.8 Å². The Morgan fingerprint density at radius 2 is 1.71 bits per heavy atom. The molecular weight excluding hydrogens is 438 g/mol. The summed E-state index contributed by atoms with van der Waals surface area (Å²) in [6, 6.07) is 13.7. The number of carboxylic acids is 1. The Morgan fingerprint density at radius 3 is 2.29 bits per heavy atom. The monoisotopic (exact) mass is 469 g/mol. The highest BCUT2D eigenvalue weighted by Gasteiger charge is 2.30. The molecule has 0 aliphatic heterocycles. The van der Waals surface area contributed by atoms with Gasteiger partial charge in [-0.25, -0.2) is 4.79 Å². The van der Waals surface area contributed by atoms with Crippen LogP contribution in [0.4, 0.5) is 16.2 Å². The molecule has 2 aromatic rings. The second kappa shape index (κ2) is 11.8. The van der Waals surface area contributed by atoms with E-state index < -0.39 is 42.1 Å². The topological polar surface area (TPSA) is 125 Å². The highest BCUT2D eigenvalue weighted by Crippen LogP contribution is 2.18. The number of benzene rings is 2. The first-order valence-electron chi connectivity index (χ1n) is 10.9. The van der Waals surface area contributed by atoms with Gasteiger partial charge in [-0.2, -0.15) is 0 Å². The molecule has 0 aliphatic carbocycles. The first-order chi connectivity index (χ1) is 15.9. The SMILES string of the molecule is Cc1cccc(NC(=O)NC(CCC(=O)O)C(=O)N(CC(=O)OC(C)(C)C)c2ccccc2)c1. The van der Waals surface area contributed by atoms with Crippen LogP contribution in [-0.4, -0.2) is 47.2 Å². The van der Waals surface area contributed by atoms with E-state index in [9.17, 15) is 19.2 Å². The molecule has 0 saturated carbocycles. The Balaban J connectivity index is 2.26. The minimum Gasteiger partial charge on any atom is -0.481 e. The number of nitrogens with zero attached hydrogens (tertiary/aromatic N) is 1. The summed E-state index contributed by atoms with van der Waals surface area (Å²) in [4.78, 5) is 51.0. The van der Waals surface area contributed by atoms with Crippen molar-refractivity contribution in [2.24, 2.45) is 0 Å². The van der Waals surface area contributed by atoms with E-state index in [1.807, 2.05) is 13.0 Å². The highest BCUT2D eigenvalue weighted by atomic mass is 16.6. The van der Waals surface area contributed by atoms with Crippen LogP contribution in [0.5, 0.6) is 0 Å². The van der Waals surface area contributed by atoms with E-state index in [1.165, 1.54) is 4.90 Å². The highest BCUT2D eigenvalue weighted by molar-refractivity contribution is 6.03. The van der Waals surface area contributed by atoms with E-state index in [2.05, 4.69) is 10.6 Å². The first-order valence-corrected chi connectivity index (χ1v) is 10.9. The molecule has 9 nitrogen and oxygen atoms in total. The minimum atomic E-state index is -1.19. The Kier molecular flexibility index (Phi) is 9.18. The summed E-state index contributed by atoms with van der Waals surface area (Å²) in [5.41, 5.74) is 1.12. The lowest BCUT2D eigenvalue weighted by Crippen LogP contribution is -2.51. The second-order valence-corrected chi connectivity index (χ2v) is 8.80. The molecule has 9 heteroatoms. The Labute approximate surface area is 199 Å². The van der Waals surface area contributed by atoms with Gasteiger partial charge in [-0.1, -0.05) is 30.3 Å². The van der Waals surface area contributed by atoms with Crippen LogP contribution in [0.25, 0.3) is 0 Å². The van der Waals surface area contributed by atoms with Crippen molar-refractivity contribution in [2.75, 3.05) is 16.8 Å². The number of amides is 3. The number of carbonyl (C=O) groups is 4. The number of aryl methyl sites for hydroxylation is 1. The van der Waals surface area contributed by atoms with Gasteiger partial charge in [0.25, 0.3) is 0 Å². The van der Waals surface area contributed by atoms with Crippen molar-refractivity contribution in [1.82, 2.24) is 5.32 Å². The maximum atomic E-state index is 13.5. The summed E-state index contributed by atoms with van der Waals surface area (Å²) in [7, 11) is 0. The third-order valence-corrected chi connectivity index (χ3v) is 4.57. The first kappa shape index (κ1) is 26.4. The Hall–Kier alpha value is -3.88. The number of carboxylic acid groups (broad SMARTS) is 1. The summed E-state index contributed by atoms with van der Waals surface area (Å²) in [6.07, 6.45) is -0.511. The van der Waals surface area contributed by atoms with Crippen LogP contribution in [0.1, 0.15) is 39.2 Å².